The molecule has 12 bridgehead atoms. The number of hydrogen-bond acceptors (Lipinski definition) is 16. The maximum Gasteiger partial charge on any atom is 1.00 e. The first-order valence-electron chi connectivity index (χ1n) is 23.9. The van der Waals surface area contributed by atoms with Crippen molar-refractivity contribution in [2.45, 2.75) is 189 Å². The first-order valence-corrected chi connectivity index (χ1v) is 23.9. The topological polar surface area (TPSA) is 256 Å². The van der Waals surface area contributed by atoms with Gasteiger partial charge in [0.1, 0.15) is 6.10 Å². The van der Waals surface area contributed by atoms with Crippen molar-refractivity contribution in [2.24, 2.45) is 23.7 Å². The fourth-order valence-corrected chi connectivity index (χ4v) is 11.5. The fraction of sp³-hybridized carbons (Fsp3) is 0.755. The smallest absolute Gasteiger partial charge is 0.870 e. The molecule has 12 heterocycles. The van der Waals surface area contributed by atoms with Gasteiger partial charge in [-0.3, -0.25) is 24.0 Å². The zero-order valence-electron chi connectivity index (χ0n) is 39.8. The monoisotopic (exact) mass is 952 g/mol. The molecule has 0 unspecified atom stereocenters. The van der Waals surface area contributed by atoms with Crippen molar-refractivity contribution in [1.82, 2.24) is 0 Å². The van der Waals surface area contributed by atoms with Crippen LogP contribution in [-0.4, -0.2) is 146 Å². The summed E-state index contributed by atoms with van der Waals surface area (Å²) in [4.78, 5) is 64.2. The molecule has 3 N–H and O–H groups in total. The first kappa shape index (κ1) is 55.5. The van der Waals surface area contributed by atoms with E-state index < -0.39 is 11.9 Å². The summed E-state index contributed by atoms with van der Waals surface area (Å²) in [7, 11) is 4.26. The van der Waals surface area contributed by atoms with Gasteiger partial charge in [0, 0.05) is 18.9 Å². The number of carbonyl (C=O) groups excluding carboxylic acids is 4. The number of carboxylic acids is 2. The normalized spacial score (nSPS) is 38.0. The second-order valence-corrected chi connectivity index (χ2v) is 19.3. The maximum atomic E-state index is 11.0. The molecule has 0 aromatic rings. The molecule has 0 aromatic heterocycles. The number of ketones is 1. The third kappa shape index (κ3) is 15.3. The Balaban J connectivity index is 0.000000152. The third-order valence-corrected chi connectivity index (χ3v) is 14.8. The predicted octanol–water partition coefficient (Wildman–Crippen LogP) is 2.21. The molecule has 12 rings (SSSR count). The van der Waals surface area contributed by atoms with Gasteiger partial charge in [-0.2, -0.15) is 0 Å². The van der Waals surface area contributed by atoms with Gasteiger partial charge >= 0.3 is 48.7 Å². The van der Waals surface area contributed by atoms with Crippen LogP contribution in [0.15, 0.2) is 36.0 Å². The van der Waals surface area contributed by atoms with Crippen LogP contribution >= 0.6 is 0 Å². The summed E-state index contributed by atoms with van der Waals surface area (Å²) < 4.78 is 46.6. The van der Waals surface area contributed by atoms with E-state index in [9.17, 15) is 28.8 Å². The van der Waals surface area contributed by atoms with Crippen LogP contribution in [0.4, 0.5) is 0 Å². The van der Waals surface area contributed by atoms with Crippen molar-refractivity contribution < 1.29 is 106 Å². The molecule has 19 heteroatoms. The summed E-state index contributed by atoms with van der Waals surface area (Å²) in [6, 6.07) is 0. The number of methoxy groups -OCH3 is 3. The average molecular weight is 953 g/mol. The number of carbonyl (C=O) groups is 6. The minimum Gasteiger partial charge on any atom is -0.870 e. The molecular formula is C49H69LiO18. The van der Waals surface area contributed by atoms with E-state index >= 15 is 0 Å². The third-order valence-electron chi connectivity index (χ3n) is 14.8. The van der Waals surface area contributed by atoms with E-state index in [-0.39, 0.29) is 84.7 Å². The van der Waals surface area contributed by atoms with Crippen molar-refractivity contribution in [3.05, 3.63) is 36.0 Å². The van der Waals surface area contributed by atoms with Crippen molar-refractivity contribution >= 4 is 35.6 Å². The molecule has 0 aliphatic carbocycles. The zero-order chi connectivity index (χ0) is 46.9. The standard InChI is InChI=1S/2C9H14O3.C9H10O3.2C8H12O3.C6H6O2.Li.H2O/c3*1-11-9(10)5-6-4-7-2-3-8(6)12-7;2*9-8(10)4-5-3-6-1-2-7(5)11-6;7-5-3-4-1-2-6(5)8-4;;/h2*6-8H,2-5H2,1H3;2-3,5,7-8H,4H2,1H3;2*5-7H,1-4H2,(H,9,10);1-2,4,6H,3H2;;1H2/q;;;;;;+1;/p-1/t2*6-,7+,8-;7-,8+;2*5-,6-,7+;4-,6+;;/m110000../s1. The Morgan fingerprint density at radius 3 is 1.12 bits per heavy atom. The van der Waals surface area contributed by atoms with E-state index in [1.165, 1.54) is 40.2 Å². The first-order chi connectivity index (χ1) is 31.7. The SMILES string of the molecule is COC(=O)C=C1C[C@@H]2C=C[C@H]1O2.COC(=O)C[C@H]1C[C@@H]2CC[C@H]1O2.COC(=O)C[C@H]1C[C@@H]2CC[C@H]1O2.O=C(O)C[C@@H]1C[C@@H]2CC[C@H]1O2.O=C(O)C[C@@H]1C[C@@H]2CC[C@H]1O2.O=C1C[C@@H]2C=C[C@H]1O2.[Li+].[OH-]. The molecule has 0 saturated carbocycles. The molecular weight excluding hydrogens is 883 g/mol. The van der Waals surface area contributed by atoms with Gasteiger partial charge in [-0.25, -0.2) is 4.79 Å². The van der Waals surface area contributed by atoms with Crippen LogP contribution < -0.4 is 18.9 Å². The number of hydrogen-bond donors (Lipinski definition) is 2. The van der Waals surface area contributed by atoms with Gasteiger partial charge in [-0.15, -0.1) is 0 Å². The van der Waals surface area contributed by atoms with Gasteiger partial charge in [-0.1, -0.05) is 18.2 Å². The van der Waals surface area contributed by atoms with Crippen LogP contribution in [0, 0.1) is 23.7 Å². The predicted molar refractivity (Wildman–Crippen MR) is 234 cm³/mol. The molecule has 18 nitrogen and oxygen atoms in total. The number of aliphatic carboxylic acids is 2. The van der Waals surface area contributed by atoms with E-state index in [0.29, 0.717) is 92.4 Å². The summed E-state index contributed by atoms with van der Waals surface area (Å²) in [5.74, 6) is -0.193. The van der Waals surface area contributed by atoms with Crippen LogP contribution in [0.1, 0.15) is 116 Å². The number of rotatable bonds is 9. The molecule has 10 saturated heterocycles. The van der Waals surface area contributed by atoms with E-state index in [0.717, 1.165) is 76.2 Å². The summed E-state index contributed by atoms with van der Waals surface area (Å²) in [6.07, 6.45) is 28.5. The molecule has 12 aliphatic heterocycles. The number of ether oxygens (including phenoxy) is 9. The number of Topliss-reactive ketones (excluding diaryl/α,β-unsaturated/α-hetero) is 1. The Kier molecular flexibility index (Phi) is 21.3. The second kappa shape index (κ2) is 26.1. The van der Waals surface area contributed by atoms with Gasteiger partial charge in [0.05, 0.1) is 114 Å². The Labute approximate surface area is 410 Å². The van der Waals surface area contributed by atoms with Crippen molar-refractivity contribution in [3.8, 4) is 0 Å². The number of esters is 3. The second-order valence-electron chi connectivity index (χ2n) is 19.3. The Morgan fingerprint density at radius 2 is 0.897 bits per heavy atom. The van der Waals surface area contributed by atoms with E-state index in [1.54, 1.807) is 0 Å². The molecule has 10 fully saturated rings. The quantitative estimate of drug-likeness (QED) is 0.110. The molecule has 0 radical (unpaired) electrons. The number of fused-ring (bicyclic) bond motifs is 12. The molecule has 16 atom stereocenters. The molecule has 0 spiro atoms. The molecule has 0 aromatic carbocycles. The van der Waals surface area contributed by atoms with Crippen LogP contribution in [0.5, 0.6) is 0 Å². The van der Waals surface area contributed by atoms with Gasteiger partial charge in [0.25, 0.3) is 0 Å². The minimum absolute atomic E-state index is 0. The van der Waals surface area contributed by atoms with E-state index in [4.69, 9.17) is 38.6 Å². The van der Waals surface area contributed by atoms with E-state index in [2.05, 4.69) is 14.2 Å². The van der Waals surface area contributed by atoms with Gasteiger partial charge < -0.3 is 58.3 Å². The maximum absolute atomic E-state index is 11.0. The number of carboxylic acid groups (broad SMARTS) is 2. The summed E-state index contributed by atoms with van der Waals surface area (Å²) in [5, 5.41) is 17.1. The molecule has 12 aliphatic rings. The van der Waals surface area contributed by atoms with Crippen molar-refractivity contribution in [2.75, 3.05) is 21.3 Å². The van der Waals surface area contributed by atoms with Crippen molar-refractivity contribution in [3.63, 3.8) is 0 Å². The van der Waals surface area contributed by atoms with Crippen LogP contribution in [0.3, 0.4) is 0 Å². The zero-order valence-corrected chi connectivity index (χ0v) is 39.8. The Hall–Kier alpha value is -3.44. The van der Waals surface area contributed by atoms with Gasteiger partial charge in [-0.05, 0) is 112 Å². The minimum atomic E-state index is -0.689. The van der Waals surface area contributed by atoms with Gasteiger partial charge in [0.15, 0.2) is 5.78 Å². The molecule has 374 valence electrons. The summed E-state index contributed by atoms with van der Waals surface area (Å²) in [5.41, 5.74) is 1.02. The fourth-order valence-electron chi connectivity index (χ4n) is 11.5. The van der Waals surface area contributed by atoms with Crippen LogP contribution in [0.2, 0.25) is 0 Å². The largest absolute Gasteiger partial charge is 1.00 e. The Morgan fingerprint density at radius 1 is 0.529 bits per heavy atom. The van der Waals surface area contributed by atoms with Crippen LogP contribution in [0.25, 0.3) is 0 Å². The summed E-state index contributed by atoms with van der Waals surface area (Å²) in [6.45, 7) is 0. The molecule has 68 heavy (non-hydrogen) atoms. The van der Waals surface area contributed by atoms with Crippen LogP contribution in [-0.2, 0) is 71.4 Å². The molecule has 0 amide bonds. The van der Waals surface area contributed by atoms with Gasteiger partial charge in [0.2, 0.25) is 0 Å². The van der Waals surface area contributed by atoms with Crippen molar-refractivity contribution in [1.29, 1.82) is 0 Å². The average Bonchev–Trinajstić information content (AvgIpc) is 4.13. The summed E-state index contributed by atoms with van der Waals surface area (Å²) >= 11 is 0. The Bertz CT molecular complexity index is 1750. The van der Waals surface area contributed by atoms with E-state index in [1.807, 2.05) is 24.3 Å².